The Labute approximate surface area is 177 Å². The van der Waals surface area contributed by atoms with E-state index in [1.54, 1.807) is 22.7 Å². The average Bonchev–Trinajstić information content (AvgIpc) is 3.44. The minimum atomic E-state index is -0.490. The summed E-state index contributed by atoms with van der Waals surface area (Å²) < 4.78 is 0. The van der Waals surface area contributed by atoms with Crippen LogP contribution in [0, 0.1) is 0 Å². The van der Waals surface area contributed by atoms with Gasteiger partial charge in [-0.3, -0.25) is 0 Å². The van der Waals surface area contributed by atoms with Gasteiger partial charge in [-0.1, -0.05) is 36.4 Å². The summed E-state index contributed by atoms with van der Waals surface area (Å²) in [5.74, 6) is 1.74. The molecule has 1 aromatic carbocycles. The largest absolute Gasteiger partial charge is 0.394 e. The van der Waals surface area contributed by atoms with Gasteiger partial charge in [0.1, 0.15) is 10.6 Å². The molecule has 0 aliphatic carbocycles. The zero-order valence-corrected chi connectivity index (χ0v) is 17.5. The zero-order chi connectivity index (χ0) is 19.8. The predicted octanol–water partition coefficient (Wildman–Crippen LogP) is 4.38. The first-order valence-corrected chi connectivity index (χ1v) is 11.5. The molecule has 1 fully saturated rings. The van der Waals surface area contributed by atoms with E-state index < -0.39 is 5.54 Å². The first kappa shape index (κ1) is 18.7. The molecule has 4 heterocycles. The van der Waals surface area contributed by atoms with Gasteiger partial charge < -0.3 is 15.7 Å². The highest BCUT2D eigenvalue weighted by Crippen LogP contribution is 2.41. The summed E-state index contributed by atoms with van der Waals surface area (Å²) in [6, 6.07) is 14.5. The van der Waals surface area contributed by atoms with Crippen molar-refractivity contribution < 1.29 is 5.11 Å². The fourth-order valence-corrected chi connectivity index (χ4v) is 5.42. The fourth-order valence-electron chi connectivity index (χ4n) is 3.82. The quantitative estimate of drug-likeness (QED) is 0.511. The molecule has 0 atom stereocenters. The van der Waals surface area contributed by atoms with E-state index in [2.05, 4.69) is 46.0 Å². The van der Waals surface area contributed by atoms with Crippen molar-refractivity contribution >= 4 is 38.7 Å². The third-order valence-corrected chi connectivity index (χ3v) is 7.35. The van der Waals surface area contributed by atoms with Gasteiger partial charge in [0.05, 0.1) is 16.9 Å². The van der Waals surface area contributed by atoms with Crippen LogP contribution in [0.2, 0.25) is 0 Å². The van der Waals surface area contributed by atoms with Crippen molar-refractivity contribution in [3.63, 3.8) is 0 Å². The number of aromatic nitrogens is 2. The van der Waals surface area contributed by atoms with E-state index in [1.807, 2.05) is 12.1 Å². The molecule has 0 radical (unpaired) electrons. The molecule has 5 nitrogen and oxygen atoms in total. The monoisotopic (exact) mass is 422 g/mol. The second-order valence-electron chi connectivity index (χ2n) is 7.55. The van der Waals surface area contributed by atoms with E-state index in [-0.39, 0.29) is 6.61 Å². The van der Waals surface area contributed by atoms with Gasteiger partial charge in [-0.05, 0) is 29.9 Å². The molecule has 0 spiro atoms. The molecule has 1 saturated heterocycles. The van der Waals surface area contributed by atoms with Gasteiger partial charge in [0.15, 0.2) is 5.82 Å². The minimum Gasteiger partial charge on any atom is -0.394 e. The maximum absolute atomic E-state index is 9.64. The van der Waals surface area contributed by atoms with Crippen LogP contribution in [0.1, 0.15) is 12.8 Å². The highest BCUT2D eigenvalue weighted by Gasteiger charge is 2.32. The Bertz CT molecular complexity index is 1120. The molecule has 3 aromatic heterocycles. The first-order valence-electron chi connectivity index (χ1n) is 9.70. The Morgan fingerprint density at radius 2 is 1.83 bits per heavy atom. The molecule has 0 unspecified atom stereocenters. The fraction of sp³-hybridized carbons (Fsp3) is 0.273. The Kier molecular flexibility index (Phi) is 4.83. The molecule has 7 heteroatoms. The molecule has 3 N–H and O–H groups in total. The maximum atomic E-state index is 9.64. The Hall–Kier alpha value is -2.32. The molecular formula is C22H22N4OS2. The van der Waals surface area contributed by atoms with E-state index in [9.17, 15) is 5.11 Å². The second kappa shape index (κ2) is 7.50. The highest BCUT2D eigenvalue weighted by molar-refractivity contribution is 7.17. The number of anilines is 1. The van der Waals surface area contributed by atoms with Crippen molar-refractivity contribution in [2.24, 2.45) is 5.73 Å². The number of thiophene rings is 2. The van der Waals surface area contributed by atoms with Crippen LogP contribution in [-0.2, 0) is 0 Å². The van der Waals surface area contributed by atoms with Gasteiger partial charge in [0.2, 0.25) is 0 Å². The van der Waals surface area contributed by atoms with Crippen molar-refractivity contribution in [3.05, 3.63) is 53.2 Å². The second-order valence-corrected chi connectivity index (χ2v) is 9.36. The topological polar surface area (TPSA) is 75.3 Å². The van der Waals surface area contributed by atoms with Gasteiger partial charge in [-0.15, -0.1) is 22.7 Å². The van der Waals surface area contributed by atoms with Crippen molar-refractivity contribution in [2.75, 3.05) is 24.6 Å². The summed E-state index contributed by atoms with van der Waals surface area (Å²) in [6.45, 7) is 1.57. The molecule has 5 rings (SSSR count). The standard InChI is InChI=1S/C22H22N4OS2/c23-22(14-27)8-10-26(11-9-22)20-18-16(15-5-2-1-3-6-15)13-29-21(18)25-19(24-20)17-7-4-12-28-17/h1-7,12-13,27H,8-11,14,23H2. The van der Waals surface area contributed by atoms with Crippen LogP contribution < -0.4 is 10.6 Å². The molecule has 1 aliphatic heterocycles. The van der Waals surface area contributed by atoms with Crippen LogP contribution in [0.5, 0.6) is 0 Å². The average molecular weight is 423 g/mol. The van der Waals surface area contributed by atoms with Gasteiger partial charge in [0, 0.05) is 29.6 Å². The van der Waals surface area contributed by atoms with Gasteiger partial charge in [-0.25, -0.2) is 9.97 Å². The smallest absolute Gasteiger partial charge is 0.173 e. The lowest BCUT2D eigenvalue weighted by molar-refractivity contribution is 0.170. The number of hydrogen-bond acceptors (Lipinski definition) is 7. The lowest BCUT2D eigenvalue weighted by Gasteiger charge is -2.38. The van der Waals surface area contributed by atoms with Crippen LogP contribution in [-0.4, -0.2) is 40.3 Å². The van der Waals surface area contributed by atoms with Crippen LogP contribution in [0.25, 0.3) is 32.0 Å². The summed E-state index contributed by atoms with van der Waals surface area (Å²) in [7, 11) is 0. The van der Waals surface area contributed by atoms with Gasteiger partial charge in [-0.2, -0.15) is 0 Å². The molecule has 29 heavy (non-hydrogen) atoms. The number of nitrogens with two attached hydrogens (primary N) is 1. The number of piperidine rings is 1. The van der Waals surface area contributed by atoms with E-state index >= 15 is 0 Å². The lowest BCUT2D eigenvalue weighted by Crippen LogP contribution is -2.53. The Morgan fingerprint density at radius 3 is 2.52 bits per heavy atom. The normalized spacial score (nSPS) is 16.4. The molecule has 148 valence electrons. The summed E-state index contributed by atoms with van der Waals surface area (Å²) in [5, 5.41) is 15.0. The predicted molar refractivity (Wildman–Crippen MR) is 122 cm³/mol. The Morgan fingerprint density at radius 1 is 1.03 bits per heavy atom. The summed E-state index contributed by atoms with van der Waals surface area (Å²) in [5.41, 5.74) is 8.17. The van der Waals surface area contributed by atoms with Crippen molar-refractivity contribution in [3.8, 4) is 21.8 Å². The number of aliphatic hydroxyl groups excluding tert-OH is 1. The number of benzene rings is 1. The van der Waals surface area contributed by atoms with Crippen LogP contribution in [0.3, 0.4) is 0 Å². The number of rotatable bonds is 4. The molecule has 0 bridgehead atoms. The van der Waals surface area contributed by atoms with E-state index in [1.165, 1.54) is 11.1 Å². The first-order chi connectivity index (χ1) is 14.2. The zero-order valence-electron chi connectivity index (χ0n) is 15.9. The highest BCUT2D eigenvalue weighted by atomic mass is 32.1. The van der Waals surface area contributed by atoms with Crippen LogP contribution >= 0.6 is 22.7 Å². The number of hydrogen-bond donors (Lipinski definition) is 2. The van der Waals surface area contributed by atoms with E-state index in [0.29, 0.717) is 0 Å². The molecule has 0 saturated carbocycles. The van der Waals surface area contributed by atoms with E-state index in [4.69, 9.17) is 15.7 Å². The summed E-state index contributed by atoms with van der Waals surface area (Å²) >= 11 is 3.32. The SMILES string of the molecule is NC1(CO)CCN(c2nc(-c3cccs3)nc3scc(-c4ccccc4)c23)CC1. The van der Waals surface area contributed by atoms with Crippen molar-refractivity contribution in [2.45, 2.75) is 18.4 Å². The lowest BCUT2D eigenvalue weighted by atomic mass is 9.89. The summed E-state index contributed by atoms with van der Waals surface area (Å²) in [4.78, 5) is 14.3. The van der Waals surface area contributed by atoms with E-state index in [0.717, 1.165) is 52.7 Å². The maximum Gasteiger partial charge on any atom is 0.173 e. The third kappa shape index (κ3) is 3.44. The van der Waals surface area contributed by atoms with Crippen LogP contribution in [0.4, 0.5) is 5.82 Å². The number of nitrogens with zero attached hydrogens (tertiary/aromatic N) is 3. The van der Waals surface area contributed by atoms with Crippen molar-refractivity contribution in [1.29, 1.82) is 0 Å². The van der Waals surface area contributed by atoms with Crippen LogP contribution in [0.15, 0.2) is 53.2 Å². The molecular weight excluding hydrogens is 400 g/mol. The van der Waals surface area contributed by atoms with Gasteiger partial charge >= 0.3 is 0 Å². The minimum absolute atomic E-state index is 0.0220. The van der Waals surface area contributed by atoms with Crippen molar-refractivity contribution in [1.82, 2.24) is 9.97 Å². The number of fused-ring (bicyclic) bond motifs is 1. The third-order valence-electron chi connectivity index (χ3n) is 5.61. The Balaban J connectivity index is 1.66. The molecule has 1 aliphatic rings. The number of aliphatic hydroxyl groups is 1. The molecule has 0 amide bonds. The summed E-state index contributed by atoms with van der Waals surface area (Å²) in [6.07, 6.45) is 1.49. The molecule has 4 aromatic rings. The van der Waals surface area contributed by atoms with Gasteiger partial charge in [0.25, 0.3) is 0 Å².